The summed E-state index contributed by atoms with van der Waals surface area (Å²) in [5, 5.41) is 0. The number of esters is 3. The maximum absolute atomic E-state index is 12.6. The van der Waals surface area contributed by atoms with Crippen LogP contribution in [0, 0.1) is 0 Å². The van der Waals surface area contributed by atoms with Crippen LogP contribution in [0.5, 0.6) is 0 Å². The summed E-state index contributed by atoms with van der Waals surface area (Å²) >= 11 is 0. The van der Waals surface area contributed by atoms with Crippen LogP contribution in [0.1, 0.15) is 213 Å². The topological polar surface area (TPSA) is 78.9 Å². The Hall–Kier alpha value is -2.63. The number of rotatable bonds is 39. The molecule has 0 aliphatic carbocycles. The SMILES string of the molecule is CC/C=C\C/C=C\C/C=C\C/C=C\CCC(=O)OC(COC(=O)CCCCCCCCCC)COC(=O)CCCCCCCCCCCCCCCC. The first-order valence-electron chi connectivity index (χ1n) is 22.1. The molecule has 6 heteroatoms. The van der Waals surface area contributed by atoms with Crippen molar-refractivity contribution < 1.29 is 28.6 Å². The molecule has 0 amide bonds. The van der Waals surface area contributed by atoms with Gasteiger partial charge in [-0.2, -0.15) is 0 Å². The monoisotopic (exact) mass is 743 g/mol. The van der Waals surface area contributed by atoms with Gasteiger partial charge in [0, 0.05) is 19.3 Å². The lowest BCUT2D eigenvalue weighted by atomic mass is 10.0. The maximum atomic E-state index is 12.6. The fraction of sp³-hybridized carbons (Fsp3) is 0.766. The highest BCUT2D eigenvalue weighted by Crippen LogP contribution is 2.14. The van der Waals surface area contributed by atoms with Crippen LogP contribution in [-0.4, -0.2) is 37.2 Å². The zero-order valence-corrected chi connectivity index (χ0v) is 34.8. The first-order valence-corrected chi connectivity index (χ1v) is 22.1. The van der Waals surface area contributed by atoms with Gasteiger partial charge in [-0.1, -0.05) is 198 Å². The highest BCUT2D eigenvalue weighted by molar-refractivity contribution is 5.71. The zero-order valence-electron chi connectivity index (χ0n) is 34.8. The van der Waals surface area contributed by atoms with Crippen molar-refractivity contribution in [3.63, 3.8) is 0 Å². The number of ether oxygens (including phenoxy) is 3. The molecular formula is C47H82O6. The van der Waals surface area contributed by atoms with E-state index in [1.165, 1.54) is 103 Å². The Morgan fingerprint density at radius 3 is 1.11 bits per heavy atom. The number of carbonyl (C=O) groups is 3. The fourth-order valence-electron chi connectivity index (χ4n) is 6.04. The van der Waals surface area contributed by atoms with E-state index in [2.05, 4.69) is 57.2 Å². The molecule has 306 valence electrons. The Balaban J connectivity index is 4.42. The van der Waals surface area contributed by atoms with Gasteiger partial charge in [-0.3, -0.25) is 14.4 Å². The van der Waals surface area contributed by atoms with Crippen molar-refractivity contribution in [2.75, 3.05) is 13.2 Å². The van der Waals surface area contributed by atoms with Gasteiger partial charge in [0.25, 0.3) is 0 Å². The lowest BCUT2D eigenvalue weighted by molar-refractivity contribution is -0.166. The highest BCUT2D eigenvalue weighted by Gasteiger charge is 2.19. The van der Waals surface area contributed by atoms with Crippen LogP contribution in [0.3, 0.4) is 0 Å². The zero-order chi connectivity index (χ0) is 38.7. The van der Waals surface area contributed by atoms with E-state index in [-0.39, 0.29) is 37.5 Å². The average molecular weight is 743 g/mol. The van der Waals surface area contributed by atoms with Crippen LogP contribution in [0.15, 0.2) is 48.6 Å². The number of hydrogen-bond acceptors (Lipinski definition) is 6. The van der Waals surface area contributed by atoms with Gasteiger partial charge >= 0.3 is 17.9 Å². The van der Waals surface area contributed by atoms with E-state index in [1.807, 2.05) is 12.2 Å². The second kappa shape index (κ2) is 42.1. The Morgan fingerprint density at radius 2 is 0.736 bits per heavy atom. The van der Waals surface area contributed by atoms with E-state index in [1.54, 1.807) is 0 Å². The van der Waals surface area contributed by atoms with Crippen molar-refractivity contribution in [1.29, 1.82) is 0 Å². The molecule has 0 saturated carbocycles. The van der Waals surface area contributed by atoms with Crippen molar-refractivity contribution in [3.05, 3.63) is 48.6 Å². The molecule has 0 aromatic rings. The minimum atomic E-state index is -0.803. The Kier molecular flexibility index (Phi) is 40.0. The largest absolute Gasteiger partial charge is 0.462 e. The molecule has 6 nitrogen and oxygen atoms in total. The van der Waals surface area contributed by atoms with E-state index in [9.17, 15) is 14.4 Å². The molecule has 1 atom stereocenters. The van der Waals surface area contributed by atoms with E-state index in [4.69, 9.17) is 14.2 Å². The lowest BCUT2D eigenvalue weighted by Gasteiger charge is -2.18. The summed E-state index contributed by atoms with van der Waals surface area (Å²) < 4.78 is 16.6. The molecule has 0 spiro atoms. The molecule has 0 aliphatic rings. The quantitative estimate of drug-likeness (QED) is 0.0270. The van der Waals surface area contributed by atoms with Crippen LogP contribution in [0.2, 0.25) is 0 Å². The molecule has 53 heavy (non-hydrogen) atoms. The molecule has 0 aliphatic heterocycles. The highest BCUT2D eigenvalue weighted by atomic mass is 16.6. The predicted octanol–water partition coefficient (Wildman–Crippen LogP) is 14.0. The molecular weight excluding hydrogens is 661 g/mol. The van der Waals surface area contributed by atoms with Crippen LogP contribution in [-0.2, 0) is 28.6 Å². The smallest absolute Gasteiger partial charge is 0.306 e. The fourth-order valence-corrected chi connectivity index (χ4v) is 6.04. The van der Waals surface area contributed by atoms with Gasteiger partial charge in [-0.25, -0.2) is 0 Å². The standard InChI is InChI=1S/C47H82O6/c1-4-7-10-13-16-19-21-23-25-26-28-31-34-37-40-46(49)52-43-44(42-51-45(48)39-36-33-30-18-15-12-9-6-3)53-47(50)41-38-35-32-29-27-24-22-20-17-14-11-8-5-2/h8,11,17,20,24,27,32,35,44H,4-7,9-10,12-16,18-19,21-23,25-26,28-31,33-34,36-43H2,1-3H3/b11-8-,20-17-,27-24-,35-32-. The van der Waals surface area contributed by atoms with Gasteiger partial charge in [-0.05, 0) is 44.9 Å². The van der Waals surface area contributed by atoms with Gasteiger partial charge in [0.2, 0.25) is 0 Å². The average Bonchev–Trinajstić information content (AvgIpc) is 3.15. The summed E-state index contributed by atoms with van der Waals surface area (Å²) in [5.74, 6) is -0.986. The molecule has 0 saturated heterocycles. The third-order valence-corrected chi connectivity index (χ3v) is 9.36. The van der Waals surface area contributed by atoms with Gasteiger partial charge < -0.3 is 14.2 Å². The van der Waals surface area contributed by atoms with Gasteiger partial charge in [0.05, 0.1) is 0 Å². The van der Waals surface area contributed by atoms with Gasteiger partial charge in [0.1, 0.15) is 13.2 Å². The van der Waals surface area contributed by atoms with Crippen molar-refractivity contribution in [1.82, 2.24) is 0 Å². The number of allylic oxidation sites excluding steroid dienone is 8. The van der Waals surface area contributed by atoms with E-state index >= 15 is 0 Å². The van der Waals surface area contributed by atoms with E-state index in [0.29, 0.717) is 19.3 Å². The van der Waals surface area contributed by atoms with E-state index in [0.717, 1.165) is 64.2 Å². The maximum Gasteiger partial charge on any atom is 0.306 e. The molecule has 0 rings (SSSR count). The van der Waals surface area contributed by atoms with Crippen LogP contribution < -0.4 is 0 Å². The summed E-state index contributed by atoms with van der Waals surface area (Å²) in [5.41, 5.74) is 0. The summed E-state index contributed by atoms with van der Waals surface area (Å²) in [7, 11) is 0. The van der Waals surface area contributed by atoms with Crippen LogP contribution >= 0.6 is 0 Å². The minimum Gasteiger partial charge on any atom is -0.462 e. The molecule has 0 aromatic carbocycles. The van der Waals surface area contributed by atoms with Crippen molar-refractivity contribution in [3.8, 4) is 0 Å². The number of unbranched alkanes of at least 4 members (excludes halogenated alkanes) is 20. The van der Waals surface area contributed by atoms with Gasteiger partial charge in [0.15, 0.2) is 6.10 Å². The second-order valence-corrected chi connectivity index (χ2v) is 14.6. The first kappa shape index (κ1) is 50.4. The summed E-state index contributed by atoms with van der Waals surface area (Å²) in [4.78, 5) is 37.6. The normalized spacial score (nSPS) is 12.4. The van der Waals surface area contributed by atoms with Crippen LogP contribution in [0.25, 0.3) is 0 Å². The molecule has 1 unspecified atom stereocenters. The molecule has 0 N–H and O–H groups in total. The predicted molar refractivity (Wildman–Crippen MR) is 224 cm³/mol. The minimum absolute atomic E-state index is 0.0990. The van der Waals surface area contributed by atoms with E-state index < -0.39 is 6.10 Å². The van der Waals surface area contributed by atoms with Crippen molar-refractivity contribution in [2.45, 2.75) is 219 Å². The Labute approximate surface area is 327 Å². The lowest BCUT2D eigenvalue weighted by Crippen LogP contribution is -2.30. The van der Waals surface area contributed by atoms with Crippen molar-refractivity contribution >= 4 is 17.9 Å². The molecule has 0 radical (unpaired) electrons. The van der Waals surface area contributed by atoms with Gasteiger partial charge in [-0.15, -0.1) is 0 Å². The number of carbonyl (C=O) groups excluding carboxylic acids is 3. The summed E-state index contributed by atoms with van der Waals surface area (Å²) in [6.45, 7) is 6.42. The summed E-state index contributed by atoms with van der Waals surface area (Å²) in [6, 6.07) is 0. The van der Waals surface area contributed by atoms with Crippen LogP contribution in [0.4, 0.5) is 0 Å². The molecule has 0 bridgehead atoms. The molecule has 0 fully saturated rings. The first-order chi connectivity index (χ1) is 26.0. The second-order valence-electron chi connectivity index (χ2n) is 14.6. The molecule has 0 heterocycles. The van der Waals surface area contributed by atoms with Crippen molar-refractivity contribution in [2.24, 2.45) is 0 Å². The Morgan fingerprint density at radius 1 is 0.396 bits per heavy atom. The third kappa shape index (κ3) is 40.4. The summed E-state index contributed by atoms with van der Waals surface area (Å²) in [6.07, 6.45) is 48.3. The Bertz CT molecular complexity index is 949. The third-order valence-electron chi connectivity index (χ3n) is 9.36. The molecule has 0 aromatic heterocycles. The number of hydrogen-bond donors (Lipinski definition) is 0.